The summed E-state index contributed by atoms with van der Waals surface area (Å²) in [7, 11) is 0. The van der Waals surface area contributed by atoms with Crippen LogP contribution in [0.1, 0.15) is 28.5 Å². The van der Waals surface area contributed by atoms with Gasteiger partial charge in [-0.1, -0.05) is 13.0 Å². The van der Waals surface area contributed by atoms with Gasteiger partial charge in [-0.2, -0.15) is 0 Å². The number of aliphatic hydroxyl groups excluding tert-OH is 1. The van der Waals surface area contributed by atoms with Crippen molar-refractivity contribution in [1.82, 2.24) is 15.3 Å². The molecule has 0 aliphatic rings. The average molecular weight is 299 g/mol. The van der Waals surface area contributed by atoms with Gasteiger partial charge in [0.05, 0.1) is 0 Å². The van der Waals surface area contributed by atoms with Crippen LogP contribution in [0.2, 0.25) is 0 Å². The van der Waals surface area contributed by atoms with Crippen molar-refractivity contribution in [1.29, 1.82) is 0 Å². The first-order valence-corrected chi connectivity index (χ1v) is 7.46. The topological polar surface area (TPSA) is 75.1 Å². The molecule has 1 amide bonds. The van der Waals surface area contributed by atoms with Crippen molar-refractivity contribution in [2.24, 2.45) is 5.92 Å². The molecule has 22 heavy (non-hydrogen) atoms. The summed E-state index contributed by atoms with van der Waals surface area (Å²) in [5.41, 5.74) is 2.48. The van der Waals surface area contributed by atoms with Crippen molar-refractivity contribution in [3.63, 3.8) is 0 Å². The molecule has 2 aromatic rings. The first-order chi connectivity index (χ1) is 10.7. The molecular formula is C17H21N3O2. The molecule has 5 nitrogen and oxygen atoms in total. The summed E-state index contributed by atoms with van der Waals surface area (Å²) in [6, 6.07) is 7.41. The summed E-state index contributed by atoms with van der Waals surface area (Å²) in [6.07, 6.45) is 6.45. The minimum absolute atomic E-state index is 0.00777. The standard InChI is InChI=1S/C17H21N3O2/c1-2-14-11-18-8-6-16(14)17(22)20-10-13(12-21)9-15-5-3-4-7-19-15/h3-8,11,13,21H,2,9-10,12H2,1H3,(H,20,22). The second kappa shape index (κ2) is 8.24. The summed E-state index contributed by atoms with van der Waals surface area (Å²) in [5.74, 6) is -0.176. The van der Waals surface area contributed by atoms with Gasteiger partial charge in [0.1, 0.15) is 0 Å². The number of nitrogens with zero attached hydrogens (tertiary/aromatic N) is 2. The molecule has 0 aliphatic heterocycles. The summed E-state index contributed by atoms with van der Waals surface area (Å²) in [5, 5.41) is 12.4. The van der Waals surface area contributed by atoms with Crippen LogP contribution in [0.3, 0.4) is 0 Å². The zero-order chi connectivity index (χ0) is 15.8. The van der Waals surface area contributed by atoms with Gasteiger partial charge in [-0.05, 0) is 36.6 Å². The third-order valence-electron chi connectivity index (χ3n) is 3.56. The van der Waals surface area contributed by atoms with E-state index in [2.05, 4.69) is 15.3 Å². The van der Waals surface area contributed by atoms with Gasteiger partial charge in [0.2, 0.25) is 0 Å². The molecule has 0 radical (unpaired) electrons. The van der Waals surface area contributed by atoms with E-state index in [9.17, 15) is 9.90 Å². The number of nitrogens with one attached hydrogen (secondary N) is 1. The molecule has 0 saturated carbocycles. The van der Waals surface area contributed by atoms with Crippen LogP contribution in [0, 0.1) is 5.92 Å². The highest BCUT2D eigenvalue weighted by atomic mass is 16.3. The predicted octanol–water partition coefficient (Wildman–Crippen LogP) is 1.62. The molecule has 1 unspecified atom stereocenters. The third kappa shape index (κ3) is 4.36. The molecule has 0 saturated heterocycles. The van der Waals surface area contributed by atoms with E-state index in [1.54, 1.807) is 24.7 Å². The van der Waals surface area contributed by atoms with Crippen molar-refractivity contribution in [2.75, 3.05) is 13.2 Å². The molecule has 0 spiro atoms. The van der Waals surface area contributed by atoms with E-state index in [1.165, 1.54) is 0 Å². The lowest BCUT2D eigenvalue weighted by molar-refractivity contribution is 0.0938. The van der Waals surface area contributed by atoms with Crippen LogP contribution < -0.4 is 5.32 Å². The van der Waals surface area contributed by atoms with E-state index < -0.39 is 0 Å². The number of hydrogen-bond acceptors (Lipinski definition) is 4. The molecule has 2 aromatic heterocycles. The van der Waals surface area contributed by atoms with Gasteiger partial charge in [0.25, 0.3) is 5.91 Å². The van der Waals surface area contributed by atoms with Crippen LogP contribution in [0.25, 0.3) is 0 Å². The summed E-state index contributed by atoms with van der Waals surface area (Å²) < 4.78 is 0. The Morgan fingerprint density at radius 1 is 1.32 bits per heavy atom. The van der Waals surface area contributed by atoms with Crippen molar-refractivity contribution in [3.05, 3.63) is 59.7 Å². The zero-order valence-corrected chi connectivity index (χ0v) is 12.7. The smallest absolute Gasteiger partial charge is 0.251 e. The van der Waals surface area contributed by atoms with Crippen LogP contribution in [0.4, 0.5) is 0 Å². The molecule has 2 rings (SSSR count). The molecule has 0 bridgehead atoms. The van der Waals surface area contributed by atoms with E-state index in [4.69, 9.17) is 0 Å². The maximum atomic E-state index is 12.3. The molecule has 1 atom stereocenters. The summed E-state index contributed by atoms with van der Waals surface area (Å²) >= 11 is 0. The maximum absolute atomic E-state index is 12.3. The van der Waals surface area contributed by atoms with Crippen molar-refractivity contribution in [2.45, 2.75) is 19.8 Å². The van der Waals surface area contributed by atoms with Gasteiger partial charge < -0.3 is 10.4 Å². The number of hydrogen-bond donors (Lipinski definition) is 2. The Bertz CT molecular complexity index is 602. The van der Waals surface area contributed by atoms with Crippen LogP contribution in [0.5, 0.6) is 0 Å². The molecule has 0 fully saturated rings. The second-order valence-corrected chi connectivity index (χ2v) is 5.17. The highest BCUT2D eigenvalue weighted by Gasteiger charge is 2.14. The fourth-order valence-electron chi connectivity index (χ4n) is 2.28. The highest BCUT2D eigenvalue weighted by Crippen LogP contribution is 2.09. The molecule has 5 heteroatoms. The van der Waals surface area contributed by atoms with Gasteiger partial charge in [0.15, 0.2) is 0 Å². The zero-order valence-electron chi connectivity index (χ0n) is 12.7. The summed E-state index contributed by atoms with van der Waals surface area (Å²) in [6.45, 7) is 2.41. The SMILES string of the molecule is CCc1cnccc1C(=O)NCC(CO)Cc1ccccn1. The minimum Gasteiger partial charge on any atom is -0.396 e. The highest BCUT2D eigenvalue weighted by molar-refractivity contribution is 5.95. The maximum Gasteiger partial charge on any atom is 0.251 e. The fraction of sp³-hybridized carbons (Fsp3) is 0.353. The van der Waals surface area contributed by atoms with Gasteiger partial charge in [-0.15, -0.1) is 0 Å². The van der Waals surface area contributed by atoms with Gasteiger partial charge >= 0.3 is 0 Å². The lowest BCUT2D eigenvalue weighted by atomic mass is 10.0. The fourth-order valence-corrected chi connectivity index (χ4v) is 2.28. The van der Waals surface area contributed by atoms with Crippen molar-refractivity contribution >= 4 is 5.91 Å². The number of carbonyl (C=O) groups excluding carboxylic acids is 1. The Hall–Kier alpha value is -2.27. The van der Waals surface area contributed by atoms with Crippen LogP contribution >= 0.6 is 0 Å². The van der Waals surface area contributed by atoms with Crippen molar-refractivity contribution < 1.29 is 9.90 Å². The molecule has 2 N–H and O–H groups in total. The monoisotopic (exact) mass is 299 g/mol. The van der Waals surface area contributed by atoms with Crippen molar-refractivity contribution in [3.8, 4) is 0 Å². The van der Waals surface area contributed by atoms with E-state index >= 15 is 0 Å². The van der Waals surface area contributed by atoms with Gasteiger partial charge in [-0.3, -0.25) is 14.8 Å². The largest absolute Gasteiger partial charge is 0.396 e. The number of aliphatic hydroxyl groups is 1. The number of aromatic nitrogens is 2. The van der Waals surface area contributed by atoms with E-state index in [1.807, 2.05) is 25.1 Å². The quantitative estimate of drug-likeness (QED) is 0.814. The molecular weight excluding hydrogens is 278 g/mol. The van der Waals surface area contributed by atoms with Gasteiger partial charge in [-0.25, -0.2) is 0 Å². The lowest BCUT2D eigenvalue weighted by Crippen LogP contribution is -2.32. The Balaban J connectivity index is 1.94. The Morgan fingerprint density at radius 2 is 2.18 bits per heavy atom. The lowest BCUT2D eigenvalue weighted by Gasteiger charge is -2.15. The van der Waals surface area contributed by atoms with E-state index in [0.717, 1.165) is 17.7 Å². The van der Waals surface area contributed by atoms with Crippen LogP contribution in [-0.2, 0) is 12.8 Å². The second-order valence-electron chi connectivity index (χ2n) is 5.17. The third-order valence-corrected chi connectivity index (χ3v) is 3.56. The molecule has 0 aromatic carbocycles. The first-order valence-electron chi connectivity index (χ1n) is 7.46. The van der Waals surface area contributed by atoms with Crippen LogP contribution in [-0.4, -0.2) is 34.1 Å². The Kier molecular flexibility index (Phi) is 6.03. The number of amides is 1. The molecule has 2 heterocycles. The molecule has 0 aliphatic carbocycles. The number of rotatable bonds is 7. The number of carbonyl (C=O) groups is 1. The number of pyridine rings is 2. The van der Waals surface area contributed by atoms with Crippen LogP contribution in [0.15, 0.2) is 42.9 Å². The normalized spacial score (nSPS) is 11.9. The average Bonchev–Trinajstić information content (AvgIpc) is 2.59. The predicted molar refractivity (Wildman–Crippen MR) is 84.5 cm³/mol. The minimum atomic E-state index is -0.126. The molecule has 116 valence electrons. The number of aryl methyl sites for hydroxylation is 1. The Labute approximate surface area is 130 Å². The van der Waals surface area contributed by atoms with Gasteiger partial charge in [0, 0.05) is 48.9 Å². The van der Waals surface area contributed by atoms with E-state index in [-0.39, 0.29) is 18.4 Å². The summed E-state index contributed by atoms with van der Waals surface area (Å²) in [4.78, 5) is 20.5. The first kappa shape index (κ1) is 16.1. The Morgan fingerprint density at radius 3 is 2.86 bits per heavy atom. The van der Waals surface area contributed by atoms with E-state index in [0.29, 0.717) is 18.5 Å².